The Bertz CT molecular complexity index is 519. The molecule has 122 valence electrons. The first-order valence-electron chi connectivity index (χ1n) is 7.50. The summed E-state index contributed by atoms with van der Waals surface area (Å²) in [7, 11) is -0.786. The van der Waals surface area contributed by atoms with Gasteiger partial charge in [0.05, 0.1) is 18.8 Å². The zero-order chi connectivity index (χ0) is 16.0. The number of nitrogens with one attached hydrogen (secondary N) is 2. The molecule has 1 aliphatic rings. The van der Waals surface area contributed by atoms with Gasteiger partial charge < -0.3 is 15.4 Å². The van der Waals surface area contributed by atoms with Crippen LogP contribution in [0.4, 0.5) is 4.79 Å². The summed E-state index contributed by atoms with van der Waals surface area (Å²) in [5.41, 5.74) is 0.646. The van der Waals surface area contributed by atoms with Crippen molar-refractivity contribution in [2.45, 2.75) is 38.5 Å². The molecule has 1 heterocycles. The van der Waals surface area contributed by atoms with Crippen LogP contribution in [0.25, 0.3) is 0 Å². The molecule has 6 heteroatoms. The number of ether oxygens (including phenoxy) is 1. The first-order valence-corrected chi connectivity index (χ1v) is 8.99. The fourth-order valence-corrected chi connectivity index (χ4v) is 3.75. The van der Waals surface area contributed by atoms with Gasteiger partial charge in [0.25, 0.3) is 0 Å². The normalized spacial score (nSPS) is 21.5. The molecule has 0 saturated carbocycles. The van der Waals surface area contributed by atoms with Crippen LogP contribution in [0.2, 0.25) is 0 Å². The molecule has 0 bridgehead atoms. The van der Waals surface area contributed by atoms with Gasteiger partial charge >= 0.3 is 6.03 Å². The van der Waals surface area contributed by atoms with Crippen molar-refractivity contribution in [1.29, 1.82) is 0 Å². The first-order chi connectivity index (χ1) is 10.4. The Morgan fingerprint density at radius 3 is 2.73 bits per heavy atom. The molecule has 0 unspecified atom stereocenters. The van der Waals surface area contributed by atoms with Gasteiger partial charge in [-0.3, -0.25) is 4.21 Å². The van der Waals surface area contributed by atoms with Gasteiger partial charge in [0.15, 0.2) is 0 Å². The van der Waals surface area contributed by atoms with E-state index < -0.39 is 16.3 Å². The molecule has 2 atom stereocenters. The van der Waals surface area contributed by atoms with Crippen molar-refractivity contribution in [2.75, 3.05) is 18.1 Å². The lowest BCUT2D eigenvalue weighted by Crippen LogP contribution is -2.53. The van der Waals surface area contributed by atoms with Crippen LogP contribution < -0.4 is 10.6 Å². The van der Waals surface area contributed by atoms with E-state index in [0.29, 0.717) is 24.7 Å². The Kier molecular flexibility index (Phi) is 5.97. The highest BCUT2D eigenvalue weighted by molar-refractivity contribution is 7.85. The monoisotopic (exact) mass is 324 g/mol. The predicted molar refractivity (Wildman–Crippen MR) is 88.1 cm³/mol. The summed E-state index contributed by atoms with van der Waals surface area (Å²) in [4.78, 5) is 12.0. The maximum absolute atomic E-state index is 12.0. The van der Waals surface area contributed by atoms with Crippen LogP contribution in [0.1, 0.15) is 25.8 Å². The SMILES string of the molecule is CC(C)(COCc1ccccc1)NC(=O)N[C@H]1CC[S@](=O)C1. The van der Waals surface area contributed by atoms with Crippen molar-refractivity contribution in [2.24, 2.45) is 0 Å². The highest BCUT2D eigenvalue weighted by Gasteiger charge is 2.25. The summed E-state index contributed by atoms with van der Waals surface area (Å²) in [6.45, 7) is 4.79. The highest BCUT2D eigenvalue weighted by Crippen LogP contribution is 2.09. The molecule has 1 fully saturated rings. The van der Waals surface area contributed by atoms with Crippen molar-refractivity contribution in [3.05, 3.63) is 35.9 Å². The second-order valence-electron chi connectivity index (χ2n) is 6.26. The molecular weight excluding hydrogens is 300 g/mol. The quantitative estimate of drug-likeness (QED) is 0.838. The summed E-state index contributed by atoms with van der Waals surface area (Å²) in [6.07, 6.45) is 0.783. The van der Waals surface area contributed by atoms with E-state index in [1.165, 1.54) is 0 Å². The lowest BCUT2D eigenvalue weighted by Gasteiger charge is -2.27. The Labute approximate surface area is 134 Å². The lowest BCUT2D eigenvalue weighted by molar-refractivity contribution is 0.0742. The number of amides is 2. The van der Waals surface area contributed by atoms with Crippen LogP contribution >= 0.6 is 0 Å². The summed E-state index contributed by atoms with van der Waals surface area (Å²) >= 11 is 0. The smallest absolute Gasteiger partial charge is 0.315 e. The molecule has 1 aliphatic heterocycles. The van der Waals surface area contributed by atoms with Gasteiger partial charge in [0, 0.05) is 28.3 Å². The molecule has 22 heavy (non-hydrogen) atoms. The summed E-state index contributed by atoms with van der Waals surface area (Å²) in [6, 6.07) is 9.72. The van der Waals surface area contributed by atoms with Crippen LogP contribution in [0.5, 0.6) is 0 Å². The zero-order valence-corrected chi connectivity index (χ0v) is 13.9. The van der Waals surface area contributed by atoms with Gasteiger partial charge in [0.1, 0.15) is 0 Å². The fraction of sp³-hybridized carbons (Fsp3) is 0.562. The third-order valence-corrected chi connectivity index (χ3v) is 4.91. The largest absolute Gasteiger partial charge is 0.374 e. The van der Waals surface area contributed by atoms with E-state index in [4.69, 9.17) is 4.74 Å². The topological polar surface area (TPSA) is 67.4 Å². The van der Waals surface area contributed by atoms with Crippen LogP contribution in [-0.2, 0) is 22.1 Å². The lowest BCUT2D eigenvalue weighted by atomic mass is 10.1. The molecule has 1 aromatic carbocycles. The van der Waals surface area contributed by atoms with Crippen LogP contribution in [0.3, 0.4) is 0 Å². The number of hydrogen-bond donors (Lipinski definition) is 2. The molecule has 0 aromatic heterocycles. The second-order valence-corrected chi connectivity index (χ2v) is 7.88. The van der Waals surface area contributed by atoms with E-state index in [2.05, 4.69) is 10.6 Å². The van der Waals surface area contributed by atoms with E-state index in [1.807, 2.05) is 44.2 Å². The number of rotatable bonds is 6. The highest BCUT2D eigenvalue weighted by atomic mass is 32.2. The number of carbonyl (C=O) groups excluding carboxylic acids is 1. The Morgan fingerprint density at radius 2 is 2.09 bits per heavy atom. The van der Waals surface area contributed by atoms with Crippen LogP contribution in [0, 0.1) is 0 Å². The van der Waals surface area contributed by atoms with E-state index in [-0.39, 0.29) is 12.1 Å². The second kappa shape index (κ2) is 7.74. The maximum Gasteiger partial charge on any atom is 0.315 e. The summed E-state index contributed by atoms with van der Waals surface area (Å²) in [5, 5.41) is 5.79. The third-order valence-electron chi connectivity index (χ3n) is 3.44. The van der Waals surface area contributed by atoms with Gasteiger partial charge in [-0.2, -0.15) is 0 Å². The maximum atomic E-state index is 12.0. The van der Waals surface area contributed by atoms with E-state index in [0.717, 1.165) is 12.0 Å². The van der Waals surface area contributed by atoms with Crippen molar-refractivity contribution in [1.82, 2.24) is 10.6 Å². The average molecular weight is 324 g/mol. The molecule has 2 N–H and O–H groups in total. The molecule has 0 radical (unpaired) electrons. The van der Waals surface area contributed by atoms with Crippen molar-refractivity contribution in [3.8, 4) is 0 Å². The Hall–Kier alpha value is -1.40. The van der Waals surface area contributed by atoms with Gasteiger partial charge in [0.2, 0.25) is 0 Å². The molecule has 0 aliphatic carbocycles. The Balaban J connectivity index is 1.70. The minimum atomic E-state index is -0.786. The van der Waals surface area contributed by atoms with Crippen molar-refractivity contribution in [3.63, 3.8) is 0 Å². The molecular formula is C16H24N2O3S. The van der Waals surface area contributed by atoms with E-state index in [9.17, 15) is 9.00 Å². The number of benzene rings is 1. The van der Waals surface area contributed by atoms with Crippen molar-refractivity contribution < 1.29 is 13.7 Å². The molecule has 5 nitrogen and oxygen atoms in total. The summed E-state index contributed by atoms with van der Waals surface area (Å²) in [5.74, 6) is 1.23. The number of urea groups is 1. The molecule has 2 amide bonds. The standard InChI is InChI=1S/C16H24N2O3S/c1-16(2,12-21-10-13-6-4-3-5-7-13)18-15(19)17-14-8-9-22(20)11-14/h3-7,14H,8-12H2,1-2H3,(H2,17,18,19)/t14-,22-/m0/s1. The average Bonchev–Trinajstić information content (AvgIpc) is 2.84. The van der Waals surface area contributed by atoms with Gasteiger partial charge in [-0.15, -0.1) is 0 Å². The van der Waals surface area contributed by atoms with Crippen LogP contribution in [0.15, 0.2) is 30.3 Å². The molecule has 1 saturated heterocycles. The van der Waals surface area contributed by atoms with E-state index in [1.54, 1.807) is 0 Å². The third kappa shape index (κ3) is 5.77. The van der Waals surface area contributed by atoms with Gasteiger partial charge in [-0.1, -0.05) is 30.3 Å². The minimum absolute atomic E-state index is 0.0156. The van der Waals surface area contributed by atoms with E-state index >= 15 is 0 Å². The molecule has 2 rings (SSSR count). The van der Waals surface area contributed by atoms with Crippen molar-refractivity contribution >= 4 is 16.8 Å². The minimum Gasteiger partial charge on any atom is -0.374 e. The summed E-state index contributed by atoms with van der Waals surface area (Å²) < 4.78 is 17.0. The zero-order valence-electron chi connectivity index (χ0n) is 13.1. The number of carbonyl (C=O) groups is 1. The van der Waals surface area contributed by atoms with Gasteiger partial charge in [-0.25, -0.2) is 4.79 Å². The molecule has 0 spiro atoms. The number of hydrogen-bond acceptors (Lipinski definition) is 3. The fourth-order valence-electron chi connectivity index (χ4n) is 2.34. The predicted octanol–water partition coefficient (Wildman–Crippen LogP) is 1.80. The van der Waals surface area contributed by atoms with Gasteiger partial charge in [-0.05, 0) is 25.8 Å². The Morgan fingerprint density at radius 1 is 1.36 bits per heavy atom. The van der Waals surface area contributed by atoms with Crippen LogP contribution in [-0.4, -0.2) is 39.9 Å². The molecule has 1 aromatic rings. The first kappa shape index (κ1) is 17.0.